The smallest absolute Gasteiger partial charge is 0.338 e. The van der Waals surface area contributed by atoms with Gasteiger partial charge < -0.3 is 10.1 Å². The van der Waals surface area contributed by atoms with Gasteiger partial charge in [-0.25, -0.2) is 4.79 Å². The monoisotopic (exact) mass is 339 g/mol. The molecule has 0 fully saturated rings. The summed E-state index contributed by atoms with van der Waals surface area (Å²) in [5, 5.41) is 3.38. The lowest BCUT2D eigenvalue weighted by Crippen LogP contribution is -2.23. The van der Waals surface area contributed by atoms with E-state index in [-0.39, 0.29) is 11.4 Å². The van der Waals surface area contributed by atoms with E-state index in [0.717, 1.165) is 12.2 Å². The average Bonchev–Trinajstić information content (AvgIpc) is 2.51. The summed E-state index contributed by atoms with van der Waals surface area (Å²) in [7, 11) is 0. The van der Waals surface area contributed by atoms with E-state index >= 15 is 0 Å². The Bertz CT molecular complexity index is 702. The molecule has 2 rings (SSSR count). The first-order chi connectivity index (χ1) is 11.5. The summed E-state index contributed by atoms with van der Waals surface area (Å²) in [6.07, 6.45) is 0. The van der Waals surface area contributed by atoms with Crippen molar-refractivity contribution in [1.29, 1.82) is 0 Å². The number of hydrogen-bond donors (Lipinski definition) is 1. The van der Waals surface area contributed by atoms with Crippen molar-refractivity contribution in [2.24, 2.45) is 0 Å². The number of rotatable bonds is 4. The Labute approximate surface area is 151 Å². The predicted octanol–water partition coefficient (Wildman–Crippen LogP) is 5.55. The molecule has 0 heterocycles. The van der Waals surface area contributed by atoms with E-state index in [4.69, 9.17) is 4.74 Å². The van der Waals surface area contributed by atoms with Crippen LogP contribution in [0.25, 0.3) is 0 Å². The Kier molecular flexibility index (Phi) is 5.56. The van der Waals surface area contributed by atoms with Crippen molar-refractivity contribution in [3.63, 3.8) is 0 Å². The minimum absolute atomic E-state index is 0.170. The summed E-state index contributed by atoms with van der Waals surface area (Å²) in [4.78, 5) is 12.0. The zero-order chi connectivity index (χ0) is 18.7. The number of carbonyl (C=O) groups excluding carboxylic acids is 1. The quantitative estimate of drug-likeness (QED) is 0.742. The lowest BCUT2D eigenvalue weighted by atomic mass is 9.87. The topological polar surface area (TPSA) is 38.3 Å². The van der Waals surface area contributed by atoms with Gasteiger partial charge in [0.15, 0.2) is 0 Å². The largest absolute Gasteiger partial charge is 0.456 e. The molecular formula is C22H29NO2. The molecule has 0 atom stereocenters. The average molecular weight is 339 g/mol. The van der Waals surface area contributed by atoms with Gasteiger partial charge in [-0.1, -0.05) is 45.0 Å². The number of ether oxygens (including phenoxy) is 1. The van der Waals surface area contributed by atoms with Crippen molar-refractivity contribution in [3.8, 4) is 0 Å². The zero-order valence-corrected chi connectivity index (χ0v) is 16.1. The lowest BCUT2D eigenvalue weighted by molar-refractivity contribution is 0.00696. The fourth-order valence-electron chi connectivity index (χ4n) is 2.39. The molecular weight excluding hydrogens is 310 g/mol. The van der Waals surface area contributed by atoms with Crippen molar-refractivity contribution in [2.75, 3.05) is 5.32 Å². The minimum atomic E-state index is -0.479. The molecule has 0 radical (unpaired) electrons. The van der Waals surface area contributed by atoms with Crippen LogP contribution in [-0.2, 0) is 16.7 Å². The maximum Gasteiger partial charge on any atom is 0.338 e. The van der Waals surface area contributed by atoms with Gasteiger partial charge in [0.1, 0.15) is 5.60 Å². The molecule has 2 aromatic rings. The molecule has 25 heavy (non-hydrogen) atoms. The van der Waals surface area contributed by atoms with E-state index in [0.29, 0.717) is 5.56 Å². The molecule has 0 spiro atoms. The Hall–Kier alpha value is -2.29. The Balaban J connectivity index is 1.94. The first kappa shape index (κ1) is 19.0. The van der Waals surface area contributed by atoms with Crippen LogP contribution in [0.1, 0.15) is 63.0 Å². The second-order valence-corrected chi connectivity index (χ2v) is 8.38. The number of anilines is 1. The third kappa shape index (κ3) is 5.93. The van der Waals surface area contributed by atoms with E-state index in [2.05, 4.69) is 50.4 Å². The molecule has 3 heteroatoms. The number of benzene rings is 2. The Morgan fingerprint density at radius 2 is 1.44 bits per heavy atom. The van der Waals surface area contributed by atoms with Gasteiger partial charge in [0.2, 0.25) is 0 Å². The summed E-state index contributed by atoms with van der Waals surface area (Å²) in [6.45, 7) is 13.0. The molecule has 0 unspecified atom stereocenters. The Morgan fingerprint density at radius 3 is 1.92 bits per heavy atom. The van der Waals surface area contributed by atoms with Crippen molar-refractivity contribution >= 4 is 11.7 Å². The highest BCUT2D eigenvalue weighted by Gasteiger charge is 2.17. The summed E-state index contributed by atoms with van der Waals surface area (Å²) in [6, 6.07) is 16.1. The normalized spacial score (nSPS) is 11.9. The molecule has 3 nitrogen and oxygen atoms in total. The molecule has 0 aliphatic carbocycles. The fraction of sp³-hybridized carbons (Fsp3) is 0.409. The van der Waals surface area contributed by atoms with Gasteiger partial charge >= 0.3 is 5.97 Å². The van der Waals surface area contributed by atoms with Crippen molar-refractivity contribution in [3.05, 3.63) is 65.2 Å². The standard InChI is InChI=1S/C22H29NO2/c1-21(2,3)18-11-7-16(8-12-18)15-23-19-13-9-17(10-14-19)20(24)25-22(4,5)6/h7-14,23H,15H2,1-6H3. The first-order valence-electron chi connectivity index (χ1n) is 8.71. The first-order valence-corrected chi connectivity index (χ1v) is 8.71. The van der Waals surface area contributed by atoms with Gasteiger partial charge in [-0.2, -0.15) is 0 Å². The highest BCUT2D eigenvalue weighted by atomic mass is 16.6. The molecule has 1 N–H and O–H groups in total. The number of carbonyl (C=O) groups is 1. The minimum Gasteiger partial charge on any atom is -0.456 e. The maximum absolute atomic E-state index is 12.0. The summed E-state index contributed by atoms with van der Waals surface area (Å²) in [5.74, 6) is -0.295. The van der Waals surface area contributed by atoms with Crippen LogP contribution in [0.4, 0.5) is 5.69 Å². The van der Waals surface area contributed by atoms with Crippen LogP contribution in [0.5, 0.6) is 0 Å². The van der Waals surface area contributed by atoms with Crippen LogP contribution >= 0.6 is 0 Å². The van der Waals surface area contributed by atoms with E-state index in [1.165, 1.54) is 11.1 Å². The number of esters is 1. The van der Waals surface area contributed by atoms with Gasteiger partial charge in [0.05, 0.1) is 5.56 Å². The molecule has 0 aliphatic rings. The van der Waals surface area contributed by atoms with Gasteiger partial charge in [0, 0.05) is 12.2 Å². The zero-order valence-electron chi connectivity index (χ0n) is 16.1. The van der Waals surface area contributed by atoms with Gasteiger partial charge in [-0.05, 0) is 61.6 Å². The fourth-order valence-corrected chi connectivity index (χ4v) is 2.39. The van der Waals surface area contributed by atoms with E-state index in [1.54, 1.807) is 12.1 Å². The molecule has 0 bridgehead atoms. The number of hydrogen-bond acceptors (Lipinski definition) is 3. The summed E-state index contributed by atoms with van der Waals surface area (Å²) in [5.41, 5.74) is 3.79. The second kappa shape index (κ2) is 7.30. The summed E-state index contributed by atoms with van der Waals surface area (Å²) >= 11 is 0. The third-order valence-electron chi connectivity index (χ3n) is 3.84. The van der Waals surface area contributed by atoms with Gasteiger partial charge in [-0.3, -0.25) is 0 Å². The molecule has 0 saturated carbocycles. The molecule has 0 aromatic heterocycles. The van der Waals surface area contributed by atoms with Crippen LogP contribution in [0.3, 0.4) is 0 Å². The van der Waals surface area contributed by atoms with Crippen LogP contribution in [0, 0.1) is 0 Å². The van der Waals surface area contributed by atoms with Crippen LogP contribution in [-0.4, -0.2) is 11.6 Å². The van der Waals surface area contributed by atoms with Gasteiger partial charge in [0.25, 0.3) is 0 Å². The Morgan fingerprint density at radius 1 is 0.880 bits per heavy atom. The maximum atomic E-state index is 12.0. The van der Waals surface area contributed by atoms with Crippen molar-refractivity contribution in [2.45, 2.75) is 59.1 Å². The van der Waals surface area contributed by atoms with Crippen molar-refractivity contribution in [1.82, 2.24) is 0 Å². The number of nitrogens with one attached hydrogen (secondary N) is 1. The molecule has 134 valence electrons. The highest BCUT2D eigenvalue weighted by molar-refractivity contribution is 5.90. The molecule has 0 aliphatic heterocycles. The lowest BCUT2D eigenvalue weighted by Gasteiger charge is -2.19. The predicted molar refractivity (Wildman–Crippen MR) is 104 cm³/mol. The van der Waals surface area contributed by atoms with Gasteiger partial charge in [-0.15, -0.1) is 0 Å². The van der Waals surface area contributed by atoms with E-state index in [1.807, 2.05) is 32.9 Å². The SMILES string of the molecule is CC(C)(C)OC(=O)c1ccc(NCc2ccc(C(C)(C)C)cc2)cc1. The highest BCUT2D eigenvalue weighted by Crippen LogP contribution is 2.22. The van der Waals surface area contributed by atoms with Crippen LogP contribution in [0.15, 0.2) is 48.5 Å². The van der Waals surface area contributed by atoms with E-state index < -0.39 is 5.60 Å². The van der Waals surface area contributed by atoms with E-state index in [9.17, 15) is 4.79 Å². The third-order valence-corrected chi connectivity index (χ3v) is 3.84. The molecule has 2 aromatic carbocycles. The molecule has 0 amide bonds. The second-order valence-electron chi connectivity index (χ2n) is 8.38. The molecule has 0 saturated heterocycles. The van der Waals surface area contributed by atoms with Crippen LogP contribution in [0.2, 0.25) is 0 Å². The summed E-state index contributed by atoms with van der Waals surface area (Å²) < 4.78 is 5.37. The van der Waals surface area contributed by atoms with Crippen molar-refractivity contribution < 1.29 is 9.53 Å². The van der Waals surface area contributed by atoms with Crippen LogP contribution < -0.4 is 5.32 Å².